The van der Waals surface area contributed by atoms with Crippen LogP contribution in [0.25, 0.3) is 0 Å². The summed E-state index contributed by atoms with van der Waals surface area (Å²) in [7, 11) is 0. The van der Waals surface area contributed by atoms with Crippen molar-refractivity contribution in [2.45, 2.75) is 103 Å². The summed E-state index contributed by atoms with van der Waals surface area (Å²) in [5.41, 5.74) is 0. The summed E-state index contributed by atoms with van der Waals surface area (Å²) in [4.78, 5) is 0. The molecule has 2 heteroatoms. The van der Waals surface area contributed by atoms with Gasteiger partial charge in [-0.1, -0.05) is 64.7 Å². The van der Waals surface area contributed by atoms with Gasteiger partial charge in [-0.05, 0) is 32.7 Å². The lowest BCUT2D eigenvalue weighted by atomic mass is 10.0. The highest BCUT2D eigenvalue weighted by Crippen LogP contribution is 2.13. The van der Waals surface area contributed by atoms with E-state index in [2.05, 4.69) is 19.2 Å². The summed E-state index contributed by atoms with van der Waals surface area (Å²) in [5.74, 6) is 0. The molecule has 1 aliphatic rings. The molecule has 0 aliphatic carbocycles. The molecule has 0 bridgehead atoms. The Hall–Kier alpha value is -0.0800. The number of hydrogen-bond donors (Lipinski definition) is 1. The van der Waals surface area contributed by atoms with Crippen LogP contribution in [0, 0.1) is 0 Å². The molecule has 1 aliphatic heterocycles. The molecule has 0 amide bonds. The highest BCUT2D eigenvalue weighted by atomic mass is 16.5. The van der Waals surface area contributed by atoms with Gasteiger partial charge in [-0.3, -0.25) is 0 Å². The van der Waals surface area contributed by atoms with E-state index < -0.39 is 0 Å². The Labute approximate surface area is 127 Å². The number of hydrogen-bond acceptors (Lipinski definition) is 2. The standard InChI is InChI=1S/C18H37NO/c1-3-4-5-6-7-8-9-10-11-12-14-19-18-13-15-20-17(2)16-18/h17-19H,3-16H2,1-2H3. The van der Waals surface area contributed by atoms with Gasteiger partial charge in [0.25, 0.3) is 0 Å². The fraction of sp³-hybridized carbons (Fsp3) is 1.00. The van der Waals surface area contributed by atoms with E-state index in [9.17, 15) is 0 Å². The monoisotopic (exact) mass is 283 g/mol. The summed E-state index contributed by atoms with van der Waals surface area (Å²) < 4.78 is 5.57. The van der Waals surface area contributed by atoms with Gasteiger partial charge in [-0.15, -0.1) is 0 Å². The van der Waals surface area contributed by atoms with E-state index in [0.717, 1.165) is 6.61 Å². The molecule has 0 spiro atoms. The van der Waals surface area contributed by atoms with E-state index in [1.807, 2.05) is 0 Å². The van der Waals surface area contributed by atoms with E-state index in [0.29, 0.717) is 12.1 Å². The Morgan fingerprint density at radius 2 is 1.50 bits per heavy atom. The van der Waals surface area contributed by atoms with E-state index in [1.165, 1.54) is 83.6 Å². The first-order chi connectivity index (χ1) is 9.83. The van der Waals surface area contributed by atoms with Crippen molar-refractivity contribution in [3.8, 4) is 0 Å². The second-order valence-corrected chi connectivity index (χ2v) is 6.54. The van der Waals surface area contributed by atoms with Crippen LogP contribution in [0.1, 0.15) is 90.9 Å². The normalized spacial score (nSPS) is 23.1. The first-order valence-electron chi connectivity index (χ1n) is 9.18. The number of nitrogens with one attached hydrogen (secondary N) is 1. The molecule has 120 valence electrons. The van der Waals surface area contributed by atoms with Gasteiger partial charge in [0.2, 0.25) is 0 Å². The van der Waals surface area contributed by atoms with Gasteiger partial charge in [0.15, 0.2) is 0 Å². The van der Waals surface area contributed by atoms with Crippen LogP contribution in [0.5, 0.6) is 0 Å². The predicted molar refractivity (Wildman–Crippen MR) is 88.3 cm³/mol. The van der Waals surface area contributed by atoms with Crippen molar-refractivity contribution < 1.29 is 4.74 Å². The van der Waals surface area contributed by atoms with E-state index >= 15 is 0 Å². The van der Waals surface area contributed by atoms with Gasteiger partial charge in [-0.25, -0.2) is 0 Å². The molecule has 1 N–H and O–H groups in total. The maximum atomic E-state index is 5.57. The maximum absolute atomic E-state index is 5.57. The zero-order valence-electron chi connectivity index (χ0n) is 14.0. The Balaban J connectivity index is 1.76. The number of ether oxygens (including phenoxy) is 1. The molecule has 20 heavy (non-hydrogen) atoms. The minimum absolute atomic E-state index is 0.453. The topological polar surface area (TPSA) is 21.3 Å². The Kier molecular flexibility index (Phi) is 11.4. The molecule has 1 rings (SSSR count). The van der Waals surface area contributed by atoms with Crippen molar-refractivity contribution in [3.63, 3.8) is 0 Å². The zero-order chi connectivity index (χ0) is 14.5. The fourth-order valence-corrected chi connectivity index (χ4v) is 3.10. The van der Waals surface area contributed by atoms with Crippen LogP contribution in [0.15, 0.2) is 0 Å². The lowest BCUT2D eigenvalue weighted by Gasteiger charge is -2.28. The summed E-state index contributed by atoms with van der Waals surface area (Å²) in [5, 5.41) is 3.70. The van der Waals surface area contributed by atoms with E-state index in [1.54, 1.807) is 0 Å². The van der Waals surface area contributed by atoms with Gasteiger partial charge in [-0.2, -0.15) is 0 Å². The first-order valence-corrected chi connectivity index (χ1v) is 9.18. The molecule has 2 nitrogen and oxygen atoms in total. The van der Waals surface area contributed by atoms with Crippen molar-refractivity contribution in [3.05, 3.63) is 0 Å². The predicted octanol–water partition coefficient (Wildman–Crippen LogP) is 5.06. The van der Waals surface area contributed by atoms with Gasteiger partial charge >= 0.3 is 0 Å². The molecule has 0 aromatic heterocycles. The number of rotatable bonds is 12. The third-order valence-electron chi connectivity index (χ3n) is 4.45. The zero-order valence-corrected chi connectivity index (χ0v) is 14.0. The van der Waals surface area contributed by atoms with Gasteiger partial charge in [0.1, 0.15) is 0 Å². The van der Waals surface area contributed by atoms with Crippen LogP contribution in [-0.4, -0.2) is 25.3 Å². The molecule has 1 fully saturated rings. The van der Waals surface area contributed by atoms with Crippen LogP contribution in [-0.2, 0) is 4.74 Å². The van der Waals surface area contributed by atoms with Crippen LogP contribution in [0.4, 0.5) is 0 Å². The minimum Gasteiger partial charge on any atom is -0.378 e. The third kappa shape index (κ3) is 9.77. The van der Waals surface area contributed by atoms with E-state index in [-0.39, 0.29) is 0 Å². The molecular weight excluding hydrogens is 246 g/mol. The smallest absolute Gasteiger partial charge is 0.0561 e. The SMILES string of the molecule is CCCCCCCCCCCCNC1CCOC(C)C1. The van der Waals surface area contributed by atoms with Crippen LogP contribution in [0.2, 0.25) is 0 Å². The first kappa shape index (κ1) is 18.0. The molecule has 2 unspecified atom stereocenters. The Morgan fingerprint density at radius 1 is 0.900 bits per heavy atom. The third-order valence-corrected chi connectivity index (χ3v) is 4.45. The maximum Gasteiger partial charge on any atom is 0.0561 e. The molecule has 2 atom stereocenters. The lowest BCUT2D eigenvalue weighted by molar-refractivity contribution is 0.0134. The van der Waals surface area contributed by atoms with Gasteiger partial charge in [0, 0.05) is 12.6 Å². The molecular formula is C18H37NO. The highest BCUT2D eigenvalue weighted by molar-refractivity contribution is 4.74. The average Bonchev–Trinajstić information content (AvgIpc) is 2.45. The van der Waals surface area contributed by atoms with Crippen molar-refractivity contribution in [1.82, 2.24) is 5.32 Å². The van der Waals surface area contributed by atoms with Crippen molar-refractivity contribution in [2.24, 2.45) is 0 Å². The van der Waals surface area contributed by atoms with Crippen LogP contribution in [0.3, 0.4) is 0 Å². The second-order valence-electron chi connectivity index (χ2n) is 6.54. The molecule has 0 radical (unpaired) electrons. The number of unbranched alkanes of at least 4 members (excludes halogenated alkanes) is 9. The highest BCUT2D eigenvalue weighted by Gasteiger charge is 2.17. The summed E-state index contributed by atoms with van der Waals surface area (Å²) in [6, 6.07) is 0.706. The van der Waals surface area contributed by atoms with Gasteiger partial charge in [0.05, 0.1) is 6.10 Å². The average molecular weight is 284 g/mol. The van der Waals surface area contributed by atoms with Gasteiger partial charge < -0.3 is 10.1 Å². The Morgan fingerprint density at radius 3 is 2.10 bits per heavy atom. The molecule has 1 heterocycles. The quantitative estimate of drug-likeness (QED) is 0.505. The van der Waals surface area contributed by atoms with E-state index in [4.69, 9.17) is 4.74 Å². The largest absolute Gasteiger partial charge is 0.378 e. The summed E-state index contributed by atoms with van der Waals surface area (Å²) >= 11 is 0. The summed E-state index contributed by atoms with van der Waals surface area (Å²) in [6.07, 6.45) is 17.1. The van der Waals surface area contributed by atoms with Crippen LogP contribution >= 0.6 is 0 Å². The summed E-state index contributed by atoms with van der Waals surface area (Å²) in [6.45, 7) is 6.62. The van der Waals surface area contributed by atoms with Crippen LogP contribution < -0.4 is 5.32 Å². The van der Waals surface area contributed by atoms with Crippen molar-refractivity contribution in [1.29, 1.82) is 0 Å². The van der Waals surface area contributed by atoms with Crippen molar-refractivity contribution in [2.75, 3.05) is 13.2 Å². The molecule has 1 saturated heterocycles. The fourth-order valence-electron chi connectivity index (χ4n) is 3.10. The molecule has 0 aromatic rings. The van der Waals surface area contributed by atoms with Crippen molar-refractivity contribution >= 4 is 0 Å². The lowest BCUT2D eigenvalue weighted by Crippen LogP contribution is -2.38. The molecule has 0 saturated carbocycles. The Bertz CT molecular complexity index is 208. The minimum atomic E-state index is 0.453. The molecule has 0 aromatic carbocycles. The second kappa shape index (κ2) is 12.6.